The maximum atomic E-state index is 5.51. The van der Waals surface area contributed by atoms with Gasteiger partial charge in [0.2, 0.25) is 0 Å². The van der Waals surface area contributed by atoms with Crippen molar-refractivity contribution in [3.63, 3.8) is 0 Å². The molecule has 0 amide bonds. The second-order valence-electron chi connectivity index (χ2n) is 4.55. The van der Waals surface area contributed by atoms with Gasteiger partial charge in [-0.05, 0) is 24.8 Å². The summed E-state index contributed by atoms with van der Waals surface area (Å²) < 4.78 is 0. The summed E-state index contributed by atoms with van der Waals surface area (Å²) in [6.07, 6.45) is 2.65. The van der Waals surface area contributed by atoms with Gasteiger partial charge < -0.3 is 11.1 Å². The van der Waals surface area contributed by atoms with Crippen molar-refractivity contribution in [1.82, 2.24) is 9.97 Å². The molecule has 0 bridgehead atoms. The van der Waals surface area contributed by atoms with Crippen molar-refractivity contribution in [2.75, 3.05) is 18.4 Å². The molecule has 3 N–H and O–H groups in total. The summed E-state index contributed by atoms with van der Waals surface area (Å²) in [7, 11) is 0. The first-order valence-corrected chi connectivity index (χ1v) is 5.89. The minimum atomic E-state index is 0.435. The lowest BCUT2D eigenvalue weighted by Gasteiger charge is -2.12. The second-order valence-corrected chi connectivity index (χ2v) is 4.55. The smallest absolute Gasteiger partial charge is 0.129 e. The SMILES string of the molecule is CC(CCN)CNc1cc(C(C)C)ncn1. The summed E-state index contributed by atoms with van der Waals surface area (Å²) in [5.41, 5.74) is 6.58. The van der Waals surface area contributed by atoms with Crippen LogP contribution >= 0.6 is 0 Å². The number of anilines is 1. The average molecular weight is 222 g/mol. The van der Waals surface area contributed by atoms with Crippen LogP contribution in [0.15, 0.2) is 12.4 Å². The van der Waals surface area contributed by atoms with E-state index in [1.165, 1.54) is 0 Å². The van der Waals surface area contributed by atoms with Gasteiger partial charge in [-0.25, -0.2) is 9.97 Å². The Morgan fingerprint density at radius 2 is 2.06 bits per heavy atom. The predicted molar refractivity (Wildman–Crippen MR) is 67.4 cm³/mol. The van der Waals surface area contributed by atoms with Gasteiger partial charge in [0.1, 0.15) is 12.1 Å². The monoisotopic (exact) mass is 222 g/mol. The molecule has 1 heterocycles. The van der Waals surface area contributed by atoms with E-state index in [1.54, 1.807) is 6.33 Å². The van der Waals surface area contributed by atoms with Crippen molar-refractivity contribution in [3.8, 4) is 0 Å². The van der Waals surface area contributed by atoms with Crippen LogP contribution in [0.2, 0.25) is 0 Å². The minimum absolute atomic E-state index is 0.435. The average Bonchev–Trinajstić information content (AvgIpc) is 2.27. The Labute approximate surface area is 97.7 Å². The molecule has 0 aliphatic rings. The van der Waals surface area contributed by atoms with E-state index >= 15 is 0 Å². The summed E-state index contributed by atoms with van der Waals surface area (Å²) in [5.74, 6) is 1.91. The molecule has 0 aromatic carbocycles. The molecule has 0 aliphatic carbocycles. The zero-order valence-corrected chi connectivity index (χ0v) is 10.4. The van der Waals surface area contributed by atoms with Crippen LogP contribution in [0.3, 0.4) is 0 Å². The van der Waals surface area contributed by atoms with Crippen molar-refractivity contribution in [1.29, 1.82) is 0 Å². The standard InChI is InChI=1S/C12H22N4/c1-9(2)11-6-12(16-8-15-11)14-7-10(3)4-5-13/h6,8-10H,4-5,7,13H2,1-3H3,(H,14,15,16). The molecule has 90 valence electrons. The van der Waals surface area contributed by atoms with Crippen LogP contribution in [-0.4, -0.2) is 23.1 Å². The minimum Gasteiger partial charge on any atom is -0.370 e. The molecular weight excluding hydrogens is 200 g/mol. The van der Waals surface area contributed by atoms with Gasteiger partial charge in [0.15, 0.2) is 0 Å². The first kappa shape index (κ1) is 12.9. The summed E-state index contributed by atoms with van der Waals surface area (Å²) in [6.45, 7) is 8.09. The largest absolute Gasteiger partial charge is 0.370 e. The number of aromatic nitrogens is 2. The lowest BCUT2D eigenvalue weighted by atomic mass is 10.1. The topological polar surface area (TPSA) is 63.8 Å². The van der Waals surface area contributed by atoms with E-state index in [9.17, 15) is 0 Å². The molecule has 0 saturated heterocycles. The van der Waals surface area contributed by atoms with Gasteiger partial charge in [0, 0.05) is 18.3 Å². The van der Waals surface area contributed by atoms with Gasteiger partial charge in [-0.2, -0.15) is 0 Å². The van der Waals surface area contributed by atoms with E-state index in [2.05, 4.69) is 36.1 Å². The van der Waals surface area contributed by atoms with Crippen LogP contribution < -0.4 is 11.1 Å². The maximum absolute atomic E-state index is 5.51. The molecule has 16 heavy (non-hydrogen) atoms. The first-order chi connectivity index (χ1) is 7.63. The van der Waals surface area contributed by atoms with Crippen LogP contribution in [-0.2, 0) is 0 Å². The van der Waals surface area contributed by atoms with Gasteiger partial charge >= 0.3 is 0 Å². The predicted octanol–water partition coefficient (Wildman–Crippen LogP) is 2.00. The Morgan fingerprint density at radius 1 is 1.31 bits per heavy atom. The number of nitrogens with one attached hydrogen (secondary N) is 1. The lowest BCUT2D eigenvalue weighted by molar-refractivity contribution is 0.567. The van der Waals surface area contributed by atoms with E-state index in [4.69, 9.17) is 5.73 Å². The fourth-order valence-corrected chi connectivity index (χ4v) is 1.45. The van der Waals surface area contributed by atoms with Gasteiger partial charge in [-0.1, -0.05) is 20.8 Å². The van der Waals surface area contributed by atoms with Gasteiger partial charge in [0.05, 0.1) is 0 Å². The van der Waals surface area contributed by atoms with Gasteiger partial charge in [-0.15, -0.1) is 0 Å². The summed E-state index contributed by atoms with van der Waals surface area (Å²) in [6, 6.07) is 2.01. The maximum Gasteiger partial charge on any atom is 0.129 e. The first-order valence-electron chi connectivity index (χ1n) is 5.89. The summed E-state index contributed by atoms with van der Waals surface area (Å²) >= 11 is 0. The zero-order chi connectivity index (χ0) is 12.0. The highest BCUT2D eigenvalue weighted by Crippen LogP contribution is 2.14. The third-order valence-electron chi connectivity index (χ3n) is 2.57. The molecule has 0 radical (unpaired) electrons. The van der Waals surface area contributed by atoms with E-state index in [0.717, 1.165) is 31.0 Å². The van der Waals surface area contributed by atoms with Crippen molar-refractivity contribution in [2.45, 2.75) is 33.1 Å². The quantitative estimate of drug-likeness (QED) is 0.772. The van der Waals surface area contributed by atoms with Crippen molar-refractivity contribution < 1.29 is 0 Å². The van der Waals surface area contributed by atoms with Crippen molar-refractivity contribution >= 4 is 5.82 Å². The van der Waals surface area contributed by atoms with E-state index in [-0.39, 0.29) is 0 Å². The number of nitrogens with zero attached hydrogens (tertiary/aromatic N) is 2. The Hall–Kier alpha value is -1.16. The molecular formula is C12H22N4. The molecule has 0 spiro atoms. The van der Waals surface area contributed by atoms with Crippen molar-refractivity contribution in [3.05, 3.63) is 18.1 Å². The fraction of sp³-hybridized carbons (Fsp3) is 0.667. The summed E-state index contributed by atoms with van der Waals surface area (Å²) in [4.78, 5) is 8.43. The van der Waals surface area contributed by atoms with Crippen LogP contribution in [0, 0.1) is 5.92 Å². The Balaban J connectivity index is 2.50. The number of hydrogen-bond acceptors (Lipinski definition) is 4. The third-order valence-corrected chi connectivity index (χ3v) is 2.57. The second kappa shape index (κ2) is 6.43. The molecule has 1 atom stereocenters. The lowest BCUT2D eigenvalue weighted by Crippen LogP contribution is -2.16. The molecule has 4 nitrogen and oxygen atoms in total. The van der Waals surface area contributed by atoms with Crippen LogP contribution in [0.25, 0.3) is 0 Å². The third kappa shape index (κ3) is 4.14. The van der Waals surface area contributed by atoms with Gasteiger partial charge in [-0.3, -0.25) is 0 Å². The van der Waals surface area contributed by atoms with E-state index < -0.39 is 0 Å². The highest BCUT2D eigenvalue weighted by atomic mass is 15.0. The molecule has 4 heteroatoms. The molecule has 0 saturated carbocycles. The van der Waals surface area contributed by atoms with Crippen molar-refractivity contribution in [2.24, 2.45) is 11.7 Å². The highest BCUT2D eigenvalue weighted by Gasteiger charge is 2.04. The molecule has 1 aromatic heterocycles. The Morgan fingerprint density at radius 3 is 2.69 bits per heavy atom. The summed E-state index contributed by atoms with van der Waals surface area (Å²) in [5, 5.41) is 3.32. The zero-order valence-electron chi connectivity index (χ0n) is 10.4. The molecule has 0 aliphatic heterocycles. The van der Waals surface area contributed by atoms with Crippen LogP contribution in [0.5, 0.6) is 0 Å². The molecule has 1 rings (SSSR count). The molecule has 1 unspecified atom stereocenters. The van der Waals surface area contributed by atoms with Crippen LogP contribution in [0.4, 0.5) is 5.82 Å². The number of nitrogens with two attached hydrogens (primary N) is 1. The van der Waals surface area contributed by atoms with Crippen LogP contribution in [0.1, 0.15) is 38.8 Å². The molecule has 1 aromatic rings. The normalized spacial score (nSPS) is 12.8. The highest BCUT2D eigenvalue weighted by molar-refractivity contribution is 5.35. The van der Waals surface area contributed by atoms with E-state index in [0.29, 0.717) is 11.8 Å². The molecule has 0 fully saturated rings. The van der Waals surface area contributed by atoms with E-state index in [1.807, 2.05) is 6.07 Å². The Bertz CT molecular complexity index is 312. The van der Waals surface area contributed by atoms with Gasteiger partial charge in [0.25, 0.3) is 0 Å². The number of rotatable bonds is 6. The fourth-order valence-electron chi connectivity index (χ4n) is 1.45. The Kier molecular flexibility index (Phi) is 5.19. The number of hydrogen-bond donors (Lipinski definition) is 2.